The minimum absolute atomic E-state index is 0.382. The number of benzene rings is 3. The third-order valence-corrected chi connectivity index (χ3v) is 6.97. The van der Waals surface area contributed by atoms with Gasteiger partial charge in [0.15, 0.2) is 0 Å². The number of nitrogens with zero attached hydrogens (tertiary/aromatic N) is 3. The summed E-state index contributed by atoms with van der Waals surface area (Å²) in [5.74, 6) is -0.535. The number of aromatic nitrogens is 1. The number of amides is 1. The Morgan fingerprint density at radius 1 is 1.00 bits per heavy atom. The second-order valence-corrected chi connectivity index (χ2v) is 10.5. The first-order valence-electron chi connectivity index (χ1n) is 11.2. The van der Waals surface area contributed by atoms with Gasteiger partial charge in [-0.3, -0.25) is 9.10 Å². The number of hydrazone groups is 1. The molecule has 4 rings (SSSR count). The zero-order valence-corrected chi connectivity index (χ0v) is 21.0. The summed E-state index contributed by atoms with van der Waals surface area (Å²) in [7, 11) is -3.71. The highest BCUT2D eigenvalue weighted by molar-refractivity contribution is 7.92. The van der Waals surface area contributed by atoms with Crippen molar-refractivity contribution >= 4 is 38.6 Å². The molecule has 0 bridgehead atoms. The highest BCUT2D eigenvalue weighted by atomic mass is 32.2. The molecule has 0 fully saturated rings. The SMILES string of the molecule is Cc1cccc(-n2c(C)cc(/C=N\NC(=O)CN(c3cccc4ccccc34)S(C)(=O)=O)c2C)c1. The number of anilines is 1. The van der Waals surface area contributed by atoms with E-state index in [1.54, 1.807) is 18.3 Å². The fraction of sp³-hybridized carbons (Fsp3) is 0.185. The molecule has 1 aromatic heterocycles. The molecule has 7 nitrogen and oxygen atoms in total. The number of hydrogen-bond donors (Lipinski definition) is 1. The Hall–Kier alpha value is -3.91. The molecule has 180 valence electrons. The number of sulfonamides is 1. The molecular formula is C27H28N4O3S. The third-order valence-electron chi connectivity index (χ3n) is 5.85. The van der Waals surface area contributed by atoms with Gasteiger partial charge in [0.25, 0.3) is 5.91 Å². The minimum atomic E-state index is -3.71. The summed E-state index contributed by atoms with van der Waals surface area (Å²) >= 11 is 0. The maximum absolute atomic E-state index is 12.7. The molecule has 0 aliphatic rings. The van der Waals surface area contributed by atoms with Crippen LogP contribution in [0.15, 0.2) is 77.9 Å². The Morgan fingerprint density at radius 2 is 1.71 bits per heavy atom. The quantitative estimate of drug-likeness (QED) is 0.308. The highest BCUT2D eigenvalue weighted by Crippen LogP contribution is 2.28. The number of nitrogens with one attached hydrogen (secondary N) is 1. The number of fused-ring (bicyclic) bond motifs is 1. The summed E-state index contributed by atoms with van der Waals surface area (Å²) in [6.45, 7) is 5.67. The largest absolute Gasteiger partial charge is 0.318 e. The lowest BCUT2D eigenvalue weighted by atomic mass is 10.1. The van der Waals surface area contributed by atoms with E-state index in [0.717, 1.165) is 44.0 Å². The van der Waals surface area contributed by atoms with Crippen LogP contribution in [0.1, 0.15) is 22.5 Å². The van der Waals surface area contributed by atoms with Crippen LogP contribution in [0.4, 0.5) is 5.69 Å². The van der Waals surface area contributed by atoms with Crippen LogP contribution in [0, 0.1) is 20.8 Å². The van der Waals surface area contributed by atoms with Gasteiger partial charge in [-0.2, -0.15) is 5.10 Å². The molecule has 0 saturated heterocycles. The Balaban J connectivity index is 1.53. The van der Waals surface area contributed by atoms with Crippen LogP contribution in [0.5, 0.6) is 0 Å². The van der Waals surface area contributed by atoms with Crippen molar-refractivity contribution in [1.29, 1.82) is 0 Å². The van der Waals surface area contributed by atoms with Gasteiger partial charge in [0.2, 0.25) is 10.0 Å². The van der Waals surface area contributed by atoms with Gasteiger partial charge in [-0.1, -0.05) is 48.5 Å². The molecule has 3 aromatic carbocycles. The lowest BCUT2D eigenvalue weighted by Gasteiger charge is -2.23. The topological polar surface area (TPSA) is 83.8 Å². The summed E-state index contributed by atoms with van der Waals surface area (Å²) in [5.41, 5.74) is 8.03. The molecule has 0 radical (unpaired) electrons. The van der Waals surface area contributed by atoms with Crippen LogP contribution < -0.4 is 9.73 Å². The Labute approximate surface area is 205 Å². The first-order chi connectivity index (χ1) is 16.6. The van der Waals surface area contributed by atoms with Crippen molar-refractivity contribution in [2.45, 2.75) is 20.8 Å². The van der Waals surface area contributed by atoms with E-state index in [2.05, 4.69) is 21.2 Å². The molecule has 1 amide bonds. The van der Waals surface area contributed by atoms with Crippen LogP contribution >= 0.6 is 0 Å². The second-order valence-electron chi connectivity index (χ2n) is 8.56. The van der Waals surface area contributed by atoms with E-state index in [1.807, 2.05) is 75.4 Å². The van der Waals surface area contributed by atoms with Crippen LogP contribution in [-0.4, -0.2) is 37.9 Å². The number of aryl methyl sites for hydroxylation is 2. The van der Waals surface area contributed by atoms with E-state index in [9.17, 15) is 13.2 Å². The van der Waals surface area contributed by atoms with E-state index in [-0.39, 0.29) is 6.54 Å². The first kappa shape index (κ1) is 24.2. The monoisotopic (exact) mass is 488 g/mol. The Bertz CT molecular complexity index is 1530. The van der Waals surface area contributed by atoms with Crippen molar-refractivity contribution in [3.05, 3.63) is 95.3 Å². The standard InChI is InChI=1S/C27H28N4O3S/c1-19-9-7-12-24(15-19)31-20(2)16-23(21(31)3)17-28-29-27(32)18-30(35(4,33)34)26-14-8-11-22-10-5-6-13-25(22)26/h5-17H,18H2,1-4H3,(H,29,32)/b28-17-. The molecule has 0 aliphatic carbocycles. The molecule has 1 N–H and O–H groups in total. The fourth-order valence-electron chi connectivity index (χ4n) is 4.23. The predicted molar refractivity (Wildman–Crippen MR) is 142 cm³/mol. The number of carbonyl (C=O) groups excluding carboxylic acids is 1. The maximum atomic E-state index is 12.7. The van der Waals surface area contributed by atoms with Crippen LogP contribution in [0.3, 0.4) is 0 Å². The number of rotatable bonds is 7. The van der Waals surface area contributed by atoms with Crippen LogP contribution in [-0.2, 0) is 14.8 Å². The number of carbonyl (C=O) groups is 1. The summed E-state index contributed by atoms with van der Waals surface area (Å²) in [5, 5.41) is 5.74. The van der Waals surface area contributed by atoms with E-state index in [0.29, 0.717) is 5.69 Å². The predicted octanol–water partition coefficient (Wildman–Crippen LogP) is 4.47. The molecule has 0 saturated carbocycles. The number of hydrogen-bond acceptors (Lipinski definition) is 4. The molecule has 0 atom stereocenters. The lowest BCUT2D eigenvalue weighted by molar-refractivity contribution is -0.119. The van der Waals surface area contributed by atoms with Gasteiger partial charge in [-0.15, -0.1) is 0 Å². The van der Waals surface area contributed by atoms with E-state index in [1.165, 1.54) is 5.56 Å². The molecule has 8 heteroatoms. The van der Waals surface area contributed by atoms with Gasteiger partial charge in [0, 0.05) is 28.0 Å². The fourth-order valence-corrected chi connectivity index (χ4v) is 5.10. The summed E-state index contributed by atoms with van der Waals surface area (Å²) in [6, 6.07) is 23.0. The molecular weight excluding hydrogens is 460 g/mol. The normalized spacial score (nSPS) is 11.8. The Morgan fingerprint density at radius 3 is 2.46 bits per heavy atom. The van der Waals surface area contributed by atoms with E-state index in [4.69, 9.17) is 0 Å². The second kappa shape index (κ2) is 9.76. The summed E-state index contributed by atoms with van der Waals surface area (Å²) in [4.78, 5) is 12.7. The highest BCUT2D eigenvalue weighted by Gasteiger charge is 2.22. The summed E-state index contributed by atoms with van der Waals surface area (Å²) in [6.07, 6.45) is 2.67. The maximum Gasteiger partial charge on any atom is 0.260 e. The zero-order valence-electron chi connectivity index (χ0n) is 20.2. The van der Waals surface area contributed by atoms with Gasteiger partial charge >= 0.3 is 0 Å². The van der Waals surface area contributed by atoms with E-state index >= 15 is 0 Å². The Kier molecular flexibility index (Phi) is 6.75. The average Bonchev–Trinajstić information content (AvgIpc) is 3.09. The zero-order chi connectivity index (χ0) is 25.2. The molecule has 35 heavy (non-hydrogen) atoms. The van der Waals surface area contributed by atoms with Gasteiger partial charge in [0.1, 0.15) is 6.54 Å². The van der Waals surface area contributed by atoms with Crippen molar-refractivity contribution in [3.8, 4) is 5.69 Å². The molecule has 0 spiro atoms. The molecule has 0 aliphatic heterocycles. The third kappa shape index (κ3) is 5.27. The molecule has 0 unspecified atom stereocenters. The first-order valence-corrected chi connectivity index (χ1v) is 13.0. The van der Waals surface area contributed by atoms with Crippen LogP contribution in [0.25, 0.3) is 16.5 Å². The van der Waals surface area contributed by atoms with Crippen molar-refractivity contribution in [2.24, 2.45) is 5.10 Å². The van der Waals surface area contributed by atoms with Crippen molar-refractivity contribution < 1.29 is 13.2 Å². The molecule has 4 aromatic rings. The van der Waals surface area contributed by atoms with Gasteiger partial charge in [0.05, 0.1) is 18.2 Å². The minimum Gasteiger partial charge on any atom is -0.318 e. The van der Waals surface area contributed by atoms with Gasteiger partial charge in [-0.25, -0.2) is 13.8 Å². The van der Waals surface area contributed by atoms with Crippen molar-refractivity contribution in [2.75, 3.05) is 17.1 Å². The lowest BCUT2D eigenvalue weighted by Crippen LogP contribution is -2.39. The average molecular weight is 489 g/mol. The summed E-state index contributed by atoms with van der Waals surface area (Å²) < 4.78 is 28.3. The van der Waals surface area contributed by atoms with Crippen molar-refractivity contribution in [3.63, 3.8) is 0 Å². The van der Waals surface area contributed by atoms with Crippen molar-refractivity contribution in [1.82, 2.24) is 9.99 Å². The van der Waals surface area contributed by atoms with Crippen LogP contribution in [0.2, 0.25) is 0 Å². The van der Waals surface area contributed by atoms with E-state index < -0.39 is 15.9 Å². The molecule has 1 heterocycles. The van der Waals surface area contributed by atoms with Gasteiger partial charge in [-0.05, 0) is 56.0 Å². The smallest absolute Gasteiger partial charge is 0.260 e. The van der Waals surface area contributed by atoms with Gasteiger partial charge < -0.3 is 4.57 Å².